The molecule has 0 aliphatic heterocycles. The van der Waals surface area contributed by atoms with Crippen LogP contribution in [0.4, 0.5) is 10.7 Å². The highest BCUT2D eigenvalue weighted by atomic mass is 32.1. The highest BCUT2D eigenvalue weighted by molar-refractivity contribution is 7.16. The van der Waals surface area contributed by atoms with E-state index in [1.165, 1.54) is 15.3 Å². The van der Waals surface area contributed by atoms with Gasteiger partial charge in [0, 0.05) is 9.75 Å². The smallest absolute Gasteiger partial charge is 0.259 e. The molecule has 0 radical (unpaired) electrons. The van der Waals surface area contributed by atoms with Crippen LogP contribution in [0.1, 0.15) is 39.0 Å². The van der Waals surface area contributed by atoms with Crippen molar-refractivity contribution in [2.24, 2.45) is 0 Å². The van der Waals surface area contributed by atoms with Crippen LogP contribution in [0.5, 0.6) is 5.75 Å². The molecule has 0 saturated heterocycles. The van der Waals surface area contributed by atoms with Crippen molar-refractivity contribution >= 4 is 39.3 Å². The summed E-state index contributed by atoms with van der Waals surface area (Å²) in [6.07, 6.45) is 3.17. The monoisotopic (exact) mass is 398 g/mol. The van der Waals surface area contributed by atoms with Crippen molar-refractivity contribution in [2.45, 2.75) is 32.7 Å². The minimum atomic E-state index is -0.0600. The molecular formula is C21H22N2O2S2. The molecule has 1 aromatic carbocycles. The van der Waals surface area contributed by atoms with Gasteiger partial charge in [-0.1, -0.05) is 18.2 Å². The van der Waals surface area contributed by atoms with E-state index in [9.17, 15) is 4.79 Å². The molecule has 0 spiro atoms. The van der Waals surface area contributed by atoms with Gasteiger partial charge in [-0.3, -0.25) is 4.79 Å². The Morgan fingerprint density at radius 3 is 2.89 bits per heavy atom. The van der Waals surface area contributed by atoms with Gasteiger partial charge in [-0.2, -0.15) is 0 Å². The van der Waals surface area contributed by atoms with E-state index in [4.69, 9.17) is 4.74 Å². The molecule has 6 heteroatoms. The van der Waals surface area contributed by atoms with E-state index >= 15 is 0 Å². The maximum Gasteiger partial charge on any atom is 0.259 e. The summed E-state index contributed by atoms with van der Waals surface area (Å²) in [6.45, 7) is 3.25. The first-order valence-corrected chi connectivity index (χ1v) is 10.9. The van der Waals surface area contributed by atoms with Crippen molar-refractivity contribution in [3.8, 4) is 5.75 Å². The first kappa shape index (κ1) is 18.1. The molecule has 27 heavy (non-hydrogen) atoms. The number of ether oxygens (including phenoxy) is 1. The van der Waals surface area contributed by atoms with Crippen LogP contribution in [0.2, 0.25) is 0 Å². The van der Waals surface area contributed by atoms with E-state index in [1.807, 2.05) is 37.3 Å². The second-order valence-electron chi connectivity index (χ2n) is 6.38. The number of carbonyl (C=O) groups excluding carboxylic acids is 1. The van der Waals surface area contributed by atoms with Crippen LogP contribution in [0.3, 0.4) is 0 Å². The number of para-hydroxylation sites is 2. The largest absolute Gasteiger partial charge is 0.492 e. The van der Waals surface area contributed by atoms with E-state index in [-0.39, 0.29) is 5.91 Å². The molecule has 1 amide bonds. The SMILES string of the molecule is CCOc1ccccc1NC(=O)c1c(NCc2cccs2)sc2c1CCC2. The Morgan fingerprint density at radius 2 is 2.07 bits per heavy atom. The Bertz CT molecular complexity index is 932. The van der Waals surface area contributed by atoms with E-state index in [0.717, 1.165) is 36.4 Å². The Kier molecular flexibility index (Phi) is 5.45. The average Bonchev–Trinajstić information content (AvgIpc) is 3.38. The molecule has 0 fully saturated rings. The van der Waals surface area contributed by atoms with Crippen molar-refractivity contribution in [3.05, 3.63) is 62.7 Å². The number of rotatable bonds is 7. The molecule has 2 N–H and O–H groups in total. The van der Waals surface area contributed by atoms with Gasteiger partial charge in [0.05, 0.1) is 24.4 Å². The van der Waals surface area contributed by atoms with Crippen molar-refractivity contribution < 1.29 is 9.53 Å². The summed E-state index contributed by atoms with van der Waals surface area (Å²) in [4.78, 5) is 15.8. The van der Waals surface area contributed by atoms with Crippen LogP contribution in [0.25, 0.3) is 0 Å². The van der Waals surface area contributed by atoms with E-state index in [1.54, 1.807) is 22.7 Å². The summed E-state index contributed by atoms with van der Waals surface area (Å²) < 4.78 is 5.65. The molecule has 1 aliphatic carbocycles. The van der Waals surface area contributed by atoms with Gasteiger partial charge in [0.1, 0.15) is 10.8 Å². The predicted molar refractivity (Wildman–Crippen MR) is 114 cm³/mol. The molecule has 1 aliphatic rings. The summed E-state index contributed by atoms with van der Waals surface area (Å²) in [5.74, 6) is 0.642. The summed E-state index contributed by atoms with van der Waals surface area (Å²) in [7, 11) is 0. The molecule has 0 unspecified atom stereocenters. The molecule has 2 aromatic heterocycles. The molecule has 0 saturated carbocycles. The van der Waals surface area contributed by atoms with Crippen LogP contribution in [0.15, 0.2) is 41.8 Å². The minimum absolute atomic E-state index is 0.0600. The van der Waals surface area contributed by atoms with Gasteiger partial charge in [0.15, 0.2) is 0 Å². The minimum Gasteiger partial charge on any atom is -0.492 e. The zero-order valence-electron chi connectivity index (χ0n) is 15.2. The lowest BCUT2D eigenvalue weighted by Crippen LogP contribution is -2.15. The molecule has 0 bridgehead atoms. The van der Waals surface area contributed by atoms with Crippen LogP contribution >= 0.6 is 22.7 Å². The zero-order chi connectivity index (χ0) is 18.6. The molecule has 0 atom stereocenters. The van der Waals surface area contributed by atoms with Crippen molar-refractivity contribution in [1.82, 2.24) is 0 Å². The summed E-state index contributed by atoms with van der Waals surface area (Å²) in [5, 5.41) is 9.60. The zero-order valence-corrected chi connectivity index (χ0v) is 16.8. The van der Waals surface area contributed by atoms with Crippen LogP contribution in [-0.4, -0.2) is 12.5 Å². The fourth-order valence-electron chi connectivity index (χ4n) is 3.39. The summed E-state index contributed by atoms with van der Waals surface area (Å²) in [5.41, 5.74) is 2.72. The number of hydrogen-bond donors (Lipinski definition) is 2. The number of carbonyl (C=O) groups is 1. The topological polar surface area (TPSA) is 50.4 Å². The van der Waals surface area contributed by atoms with Crippen molar-refractivity contribution in [2.75, 3.05) is 17.2 Å². The first-order valence-electron chi connectivity index (χ1n) is 9.20. The van der Waals surface area contributed by atoms with Gasteiger partial charge in [0.2, 0.25) is 0 Å². The van der Waals surface area contributed by atoms with Crippen LogP contribution < -0.4 is 15.4 Å². The van der Waals surface area contributed by atoms with Gasteiger partial charge < -0.3 is 15.4 Å². The number of hydrogen-bond acceptors (Lipinski definition) is 5. The highest BCUT2D eigenvalue weighted by Gasteiger charge is 2.27. The molecule has 3 aromatic rings. The maximum absolute atomic E-state index is 13.2. The second-order valence-corrected chi connectivity index (χ2v) is 8.52. The third-order valence-electron chi connectivity index (χ3n) is 4.59. The number of anilines is 2. The summed E-state index contributed by atoms with van der Waals surface area (Å²) >= 11 is 3.45. The van der Waals surface area contributed by atoms with Gasteiger partial charge in [-0.25, -0.2) is 0 Å². The molecule has 140 valence electrons. The number of amides is 1. The fraction of sp³-hybridized carbons (Fsp3) is 0.286. The molecule has 4 rings (SSSR count). The second kappa shape index (κ2) is 8.15. The Hall–Kier alpha value is -2.31. The lowest BCUT2D eigenvalue weighted by atomic mass is 10.1. The van der Waals surface area contributed by atoms with Crippen molar-refractivity contribution in [1.29, 1.82) is 0 Å². The molecule has 4 nitrogen and oxygen atoms in total. The van der Waals surface area contributed by atoms with Crippen LogP contribution in [-0.2, 0) is 19.4 Å². The average molecular weight is 399 g/mol. The fourth-order valence-corrected chi connectivity index (χ4v) is 5.31. The number of nitrogens with one attached hydrogen (secondary N) is 2. The van der Waals surface area contributed by atoms with Gasteiger partial charge in [0.25, 0.3) is 5.91 Å². The van der Waals surface area contributed by atoms with Crippen molar-refractivity contribution in [3.63, 3.8) is 0 Å². The quantitative estimate of drug-likeness (QED) is 0.548. The highest BCUT2D eigenvalue weighted by Crippen LogP contribution is 2.40. The standard InChI is InChI=1S/C21H22N2O2S2/c1-2-25-17-10-4-3-9-16(17)23-20(24)19-15-8-5-11-18(15)27-21(19)22-13-14-7-6-12-26-14/h3-4,6-7,9-10,12,22H,2,5,8,11,13H2,1H3,(H,23,24). The van der Waals surface area contributed by atoms with E-state index in [2.05, 4.69) is 22.1 Å². The lowest BCUT2D eigenvalue weighted by Gasteiger charge is -2.13. The third kappa shape index (κ3) is 3.87. The third-order valence-corrected chi connectivity index (χ3v) is 6.71. The Morgan fingerprint density at radius 1 is 1.19 bits per heavy atom. The van der Waals surface area contributed by atoms with Gasteiger partial charge in [-0.15, -0.1) is 22.7 Å². The molecular weight excluding hydrogens is 376 g/mol. The summed E-state index contributed by atoms with van der Waals surface area (Å²) in [6, 6.07) is 11.7. The van der Waals surface area contributed by atoms with E-state index < -0.39 is 0 Å². The maximum atomic E-state index is 13.2. The Labute approximate surface area is 167 Å². The Balaban J connectivity index is 1.59. The van der Waals surface area contributed by atoms with Gasteiger partial charge in [-0.05, 0) is 55.3 Å². The number of aryl methyl sites for hydroxylation is 1. The predicted octanol–water partition coefficient (Wildman–Crippen LogP) is 5.56. The number of benzene rings is 1. The number of fused-ring (bicyclic) bond motifs is 1. The lowest BCUT2D eigenvalue weighted by molar-refractivity contribution is 0.102. The van der Waals surface area contributed by atoms with Gasteiger partial charge >= 0.3 is 0 Å². The van der Waals surface area contributed by atoms with Crippen LogP contribution in [0, 0.1) is 0 Å². The number of thiophene rings is 2. The normalized spacial score (nSPS) is 12.6. The first-order chi connectivity index (χ1) is 13.3. The van der Waals surface area contributed by atoms with E-state index in [0.29, 0.717) is 18.0 Å². The molecule has 2 heterocycles.